The minimum atomic E-state index is 0.820. The van der Waals surface area contributed by atoms with Crippen LogP contribution in [-0.2, 0) is 13.1 Å². The highest BCUT2D eigenvalue weighted by atomic mass is 15.0. The van der Waals surface area contributed by atoms with Gasteiger partial charge in [0.1, 0.15) is 0 Å². The average molecular weight is 393 g/mol. The molecule has 4 heteroatoms. The number of rotatable bonds is 7. The summed E-state index contributed by atoms with van der Waals surface area (Å²) < 4.78 is 2.10. The van der Waals surface area contributed by atoms with Crippen LogP contribution in [0.25, 0.3) is 11.1 Å². The average Bonchev–Trinajstić information content (AvgIpc) is 3.32. The van der Waals surface area contributed by atoms with Gasteiger partial charge in [-0.1, -0.05) is 42.2 Å². The number of nitrogens with zero attached hydrogens (tertiary/aromatic N) is 3. The Morgan fingerprint density at radius 3 is 2.53 bits per heavy atom. The maximum Gasteiger partial charge on any atom is 0.0945 e. The van der Waals surface area contributed by atoms with E-state index in [2.05, 4.69) is 49.9 Å². The number of hydrogen-bond donors (Lipinski definition) is 1. The van der Waals surface area contributed by atoms with Gasteiger partial charge < -0.3 is 9.88 Å². The topological polar surface area (TPSA) is 42.7 Å². The van der Waals surface area contributed by atoms with E-state index in [1.807, 2.05) is 73.6 Å². The number of aromatic nitrogens is 3. The summed E-state index contributed by atoms with van der Waals surface area (Å²) in [5, 5.41) is 3.53. The van der Waals surface area contributed by atoms with Crippen molar-refractivity contribution in [1.82, 2.24) is 19.9 Å². The van der Waals surface area contributed by atoms with Gasteiger partial charge in [-0.05, 0) is 60.0 Å². The number of pyridine rings is 1. The van der Waals surface area contributed by atoms with Gasteiger partial charge in [0.2, 0.25) is 0 Å². The monoisotopic (exact) mass is 392 g/mol. The summed E-state index contributed by atoms with van der Waals surface area (Å²) in [6.07, 6.45) is 10.4. The fraction of sp³-hybridized carbons (Fsp3) is 0.154. The lowest BCUT2D eigenvalue weighted by Crippen LogP contribution is -2.16. The Labute approximate surface area is 177 Å². The van der Waals surface area contributed by atoms with Gasteiger partial charge in [0.15, 0.2) is 0 Å². The number of aryl methyl sites for hydroxylation is 1. The van der Waals surface area contributed by atoms with Gasteiger partial charge in [-0.2, -0.15) is 0 Å². The van der Waals surface area contributed by atoms with E-state index in [1.165, 1.54) is 5.56 Å². The summed E-state index contributed by atoms with van der Waals surface area (Å²) in [5.74, 6) is 6.68. The normalized spacial score (nSPS) is 10.4. The molecule has 2 aromatic carbocycles. The van der Waals surface area contributed by atoms with E-state index in [9.17, 15) is 0 Å². The molecular weight excluding hydrogens is 368 g/mol. The Hall–Kier alpha value is -3.68. The smallest absolute Gasteiger partial charge is 0.0945 e. The lowest BCUT2D eigenvalue weighted by atomic mass is 9.98. The van der Waals surface area contributed by atoms with Crippen molar-refractivity contribution in [1.29, 1.82) is 0 Å². The number of hydrogen-bond acceptors (Lipinski definition) is 3. The summed E-state index contributed by atoms with van der Waals surface area (Å²) in [6.45, 7) is 2.75. The van der Waals surface area contributed by atoms with Crippen LogP contribution in [0.2, 0.25) is 0 Å². The quantitative estimate of drug-likeness (QED) is 0.371. The van der Waals surface area contributed by atoms with Crippen molar-refractivity contribution in [3.8, 4) is 23.0 Å². The van der Waals surface area contributed by atoms with Crippen LogP contribution < -0.4 is 5.32 Å². The Morgan fingerprint density at radius 2 is 1.73 bits per heavy atom. The maximum absolute atomic E-state index is 4.14. The summed E-state index contributed by atoms with van der Waals surface area (Å²) in [4.78, 5) is 8.21. The summed E-state index contributed by atoms with van der Waals surface area (Å²) >= 11 is 0. The zero-order valence-electron chi connectivity index (χ0n) is 16.8. The Balaban J connectivity index is 1.48. The minimum absolute atomic E-state index is 0.820. The molecule has 2 aromatic heterocycles. The first kappa shape index (κ1) is 19.6. The highest BCUT2D eigenvalue weighted by Gasteiger charge is 2.05. The van der Waals surface area contributed by atoms with E-state index in [1.54, 1.807) is 0 Å². The van der Waals surface area contributed by atoms with Gasteiger partial charge in [-0.15, -0.1) is 0 Å². The Bertz CT molecular complexity index is 1110. The molecule has 2 heterocycles. The maximum atomic E-state index is 4.14. The van der Waals surface area contributed by atoms with Crippen molar-refractivity contribution in [2.75, 3.05) is 6.54 Å². The third-order valence-electron chi connectivity index (χ3n) is 4.85. The summed E-state index contributed by atoms with van der Waals surface area (Å²) in [5.41, 5.74) is 5.53. The SMILES string of the molecule is C(#Cc1cc(CNCCCn2ccnc2)ccc1-c1ccncc1)c1ccccc1. The van der Waals surface area contributed by atoms with E-state index in [-0.39, 0.29) is 0 Å². The molecule has 0 unspecified atom stereocenters. The molecule has 0 amide bonds. The number of benzene rings is 2. The molecule has 0 aliphatic rings. The molecule has 0 atom stereocenters. The van der Waals surface area contributed by atoms with Gasteiger partial charge in [0, 0.05) is 49.0 Å². The Morgan fingerprint density at radius 1 is 0.867 bits per heavy atom. The van der Waals surface area contributed by atoms with Crippen molar-refractivity contribution in [2.24, 2.45) is 0 Å². The van der Waals surface area contributed by atoms with Crippen LogP contribution in [0.15, 0.2) is 91.8 Å². The van der Waals surface area contributed by atoms with Crippen LogP contribution in [0.3, 0.4) is 0 Å². The van der Waals surface area contributed by atoms with Crippen molar-refractivity contribution in [2.45, 2.75) is 19.5 Å². The van der Waals surface area contributed by atoms with E-state index in [0.29, 0.717) is 0 Å². The molecule has 0 aliphatic carbocycles. The minimum Gasteiger partial charge on any atom is -0.337 e. The van der Waals surface area contributed by atoms with E-state index < -0.39 is 0 Å². The molecule has 0 spiro atoms. The molecular formula is C26H24N4. The molecule has 30 heavy (non-hydrogen) atoms. The highest BCUT2D eigenvalue weighted by Crippen LogP contribution is 2.24. The molecule has 0 bridgehead atoms. The molecule has 0 radical (unpaired) electrons. The first-order valence-corrected chi connectivity index (χ1v) is 10.2. The Kier molecular flexibility index (Phi) is 6.67. The van der Waals surface area contributed by atoms with Crippen molar-refractivity contribution < 1.29 is 0 Å². The lowest BCUT2D eigenvalue weighted by Gasteiger charge is -2.10. The van der Waals surface area contributed by atoms with Crippen molar-refractivity contribution in [3.63, 3.8) is 0 Å². The van der Waals surface area contributed by atoms with Crippen LogP contribution >= 0.6 is 0 Å². The largest absolute Gasteiger partial charge is 0.337 e. The van der Waals surface area contributed by atoms with Crippen molar-refractivity contribution >= 4 is 0 Å². The number of nitrogens with one attached hydrogen (secondary N) is 1. The lowest BCUT2D eigenvalue weighted by molar-refractivity contribution is 0.581. The van der Waals surface area contributed by atoms with E-state index in [0.717, 1.165) is 48.3 Å². The third-order valence-corrected chi connectivity index (χ3v) is 4.85. The standard InChI is InChI=1S/C26H24N4/c1-2-5-22(6-3-1)7-9-25-19-23(8-10-26(25)24-11-14-27-15-12-24)20-28-13-4-17-30-18-16-29-21-30/h1-3,5-6,8,10-12,14-16,18-19,21,28H,4,13,17,20H2. The fourth-order valence-corrected chi connectivity index (χ4v) is 3.29. The molecule has 4 aromatic rings. The van der Waals surface area contributed by atoms with Gasteiger partial charge in [-0.3, -0.25) is 4.98 Å². The second-order valence-corrected chi connectivity index (χ2v) is 7.06. The van der Waals surface area contributed by atoms with Crippen LogP contribution in [0, 0.1) is 11.8 Å². The summed E-state index contributed by atoms with van der Waals surface area (Å²) in [6, 6.07) is 20.7. The molecule has 148 valence electrons. The molecule has 0 saturated carbocycles. The fourth-order valence-electron chi connectivity index (χ4n) is 3.29. The molecule has 1 N–H and O–H groups in total. The molecule has 4 nitrogen and oxygen atoms in total. The zero-order chi connectivity index (χ0) is 20.4. The predicted molar refractivity (Wildman–Crippen MR) is 121 cm³/mol. The zero-order valence-corrected chi connectivity index (χ0v) is 16.8. The van der Waals surface area contributed by atoms with E-state index in [4.69, 9.17) is 0 Å². The molecule has 4 rings (SSSR count). The van der Waals surface area contributed by atoms with E-state index >= 15 is 0 Å². The first-order chi connectivity index (χ1) is 14.9. The summed E-state index contributed by atoms with van der Waals surface area (Å²) in [7, 11) is 0. The molecule has 0 fully saturated rings. The van der Waals surface area contributed by atoms with Crippen LogP contribution in [-0.4, -0.2) is 21.1 Å². The third kappa shape index (κ3) is 5.44. The first-order valence-electron chi connectivity index (χ1n) is 10.2. The highest BCUT2D eigenvalue weighted by molar-refractivity contribution is 5.71. The molecule has 0 saturated heterocycles. The van der Waals surface area contributed by atoms with Gasteiger partial charge in [0.25, 0.3) is 0 Å². The van der Waals surface area contributed by atoms with Crippen LogP contribution in [0.1, 0.15) is 23.1 Å². The predicted octanol–water partition coefficient (Wildman–Crippen LogP) is 4.52. The van der Waals surface area contributed by atoms with Gasteiger partial charge in [-0.25, -0.2) is 4.98 Å². The van der Waals surface area contributed by atoms with Gasteiger partial charge in [0.05, 0.1) is 6.33 Å². The molecule has 0 aliphatic heterocycles. The van der Waals surface area contributed by atoms with Crippen LogP contribution in [0.4, 0.5) is 0 Å². The van der Waals surface area contributed by atoms with Crippen LogP contribution in [0.5, 0.6) is 0 Å². The van der Waals surface area contributed by atoms with Gasteiger partial charge >= 0.3 is 0 Å². The second-order valence-electron chi connectivity index (χ2n) is 7.06. The number of imidazole rings is 1. The second kappa shape index (κ2) is 10.2. The van der Waals surface area contributed by atoms with Crippen molar-refractivity contribution in [3.05, 3.63) is 108 Å².